The third-order valence-corrected chi connectivity index (χ3v) is 4.56. The van der Waals surface area contributed by atoms with E-state index >= 15 is 0 Å². The molecule has 1 saturated carbocycles. The monoisotopic (exact) mass is 325 g/mol. The van der Waals surface area contributed by atoms with Crippen molar-refractivity contribution in [1.82, 2.24) is 0 Å². The summed E-state index contributed by atoms with van der Waals surface area (Å²) < 4.78 is 5.20. The Morgan fingerprint density at radius 3 is 2.33 bits per heavy atom. The minimum atomic E-state index is -0.718. The molecular weight excluding hydrogens is 302 g/mol. The van der Waals surface area contributed by atoms with Gasteiger partial charge in [-0.1, -0.05) is 61.7 Å². The molecule has 1 aliphatic carbocycles. The third kappa shape index (κ3) is 4.15. The van der Waals surface area contributed by atoms with E-state index in [4.69, 9.17) is 4.74 Å². The molecule has 0 spiro atoms. The van der Waals surface area contributed by atoms with E-state index < -0.39 is 11.7 Å². The van der Waals surface area contributed by atoms with Crippen LogP contribution in [0.5, 0.6) is 0 Å². The number of amides is 1. The molecule has 2 N–H and O–H groups in total. The van der Waals surface area contributed by atoms with Crippen LogP contribution >= 0.6 is 0 Å². The largest absolute Gasteiger partial charge is 0.444 e. The summed E-state index contributed by atoms with van der Waals surface area (Å²) >= 11 is 0. The van der Waals surface area contributed by atoms with Crippen molar-refractivity contribution in [3.8, 4) is 0 Å². The number of ether oxygens (including phenoxy) is 1. The Balaban J connectivity index is 1.55. The maximum Gasteiger partial charge on any atom is 0.411 e. The molecule has 0 saturated heterocycles. The lowest BCUT2D eigenvalue weighted by atomic mass is 9.80. The van der Waals surface area contributed by atoms with Gasteiger partial charge in [0.15, 0.2) is 0 Å². The van der Waals surface area contributed by atoms with Gasteiger partial charge in [0, 0.05) is 5.69 Å². The Kier molecular flexibility index (Phi) is 5.16. The quantitative estimate of drug-likeness (QED) is 0.864. The first-order valence-electron chi connectivity index (χ1n) is 8.46. The molecule has 0 bridgehead atoms. The second kappa shape index (κ2) is 7.49. The van der Waals surface area contributed by atoms with Crippen LogP contribution in [0.25, 0.3) is 0 Å². The Morgan fingerprint density at radius 2 is 1.67 bits per heavy atom. The van der Waals surface area contributed by atoms with Crippen LogP contribution in [0.1, 0.15) is 43.2 Å². The van der Waals surface area contributed by atoms with Gasteiger partial charge in [-0.25, -0.2) is 4.79 Å². The Labute approximate surface area is 142 Å². The number of benzene rings is 2. The molecule has 24 heavy (non-hydrogen) atoms. The molecule has 2 aromatic carbocycles. The normalized spacial score (nSPS) is 16.4. The molecule has 0 atom stereocenters. The molecule has 1 amide bonds. The van der Waals surface area contributed by atoms with Crippen molar-refractivity contribution in [3.05, 3.63) is 65.7 Å². The van der Waals surface area contributed by atoms with Gasteiger partial charge in [-0.3, -0.25) is 5.32 Å². The molecule has 0 aromatic heterocycles. The zero-order chi connectivity index (χ0) is 16.8. The molecule has 0 heterocycles. The number of hydrogen-bond acceptors (Lipinski definition) is 3. The van der Waals surface area contributed by atoms with Crippen LogP contribution in [-0.4, -0.2) is 11.2 Å². The van der Waals surface area contributed by atoms with E-state index in [0.29, 0.717) is 5.69 Å². The zero-order valence-electron chi connectivity index (χ0n) is 13.7. The van der Waals surface area contributed by atoms with Gasteiger partial charge in [-0.05, 0) is 36.1 Å². The summed E-state index contributed by atoms with van der Waals surface area (Å²) in [6, 6.07) is 17.0. The summed E-state index contributed by atoms with van der Waals surface area (Å²) in [6.07, 6.45) is 4.43. The van der Waals surface area contributed by atoms with Crippen LogP contribution in [0.3, 0.4) is 0 Å². The van der Waals surface area contributed by atoms with E-state index in [0.717, 1.165) is 36.8 Å². The molecule has 0 unspecified atom stereocenters. The van der Waals surface area contributed by atoms with Crippen LogP contribution < -0.4 is 5.32 Å². The molecule has 4 nitrogen and oxygen atoms in total. The van der Waals surface area contributed by atoms with Crippen molar-refractivity contribution >= 4 is 11.8 Å². The fourth-order valence-electron chi connectivity index (χ4n) is 3.17. The summed E-state index contributed by atoms with van der Waals surface area (Å²) in [7, 11) is 0. The third-order valence-electron chi connectivity index (χ3n) is 4.56. The minimum absolute atomic E-state index is 0.241. The SMILES string of the molecule is O=C(Nc1ccc(C2(O)CCCCC2)cc1)OCc1ccccc1. The first-order valence-corrected chi connectivity index (χ1v) is 8.46. The van der Waals surface area contributed by atoms with Gasteiger partial charge in [-0.15, -0.1) is 0 Å². The van der Waals surface area contributed by atoms with Gasteiger partial charge in [-0.2, -0.15) is 0 Å². The van der Waals surface area contributed by atoms with Crippen LogP contribution in [0.15, 0.2) is 54.6 Å². The number of nitrogens with one attached hydrogen (secondary N) is 1. The average molecular weight is 325 g/mol. The van der Waals surface area contributed by atoms with Gasteiger partial charge < -0.3 is 9.84 Å². The Morgan fingerprint density at radius 1 is 1.00 bits per heavy atom. The van der Waals surface area contributed by atoms with Crippen molar-refractivity contribution < 1.29 is 14.6 Å². The van der Waals surface area contributed by atoms with Crippen LogP contribution in [0.2, 0.25) is 0 Å². The molecule has 2 aromatic rings. The van der Waals surface area contributed by atoms with Crippen molar-refractivity contribution in [2.75, 3.05) is 5.32 Å². The van der Waals surface area contributed by atoms with Gasteiger partial charge in [0.2, 0.25) is 0 Å². The second-order valence-corrected chi connectivity index (χ2v) is 6.36. The van der Waals surface area contributed by atoms with Crippen molar-refractivity contribution in [2.45, 2.75) is 44.3 Å². The Bertz CT molecular complexity index is 661. The summed E-state index contributed by atoms with van der Waals surface area (Å²) in [6.45, 7) is 0.241. The second-order valence-electron chi connectivity index (χ2n) is 6.36. The summed E-state index contributed by atoms with van der Waals surface area (Å²) in [5.41, 5.74) is 1.81. The number of carbonyl (C=O) groups is 1. The highest BCUT2D eigenvalue weighted by molar-refractivity contribution is 5.84. The predicted molar refractivity (Wildman–Crippen MR) is 93.7 cm³/mol. The average Bonchev–Trinajstić information content (AvgIpc) is 2.62. The fraction of sp³-hybridized carbons (Fsp3) is 0.350. The van der Waals surface area contributed by atoms with Crippen LogP contribution in [-0.2, 0) is 16.9 Å². The molecule has 126 valence electrons. The van der Waals surface area contributed by atoms with Gasteiger partial charge in [0.05, 0.1) is 5.60 Å². The van der Waals surface area contributed by atoms with E-state index in [-0.39, 0.29) is 6.61 Å². The lowest BCUT2D eigenvalue weighted by Gasteiger charge is -2.32. The maximum atomic E-state index is 11.9. The summed E-state index contributed by atoms with van der Waals surface area (Å²) in [4.78, 5) is 11.9. The predicted octanol–water partition coefficient (Wildman–Crippen LogP) is 4.59. The topological polar surface area (TPSA) is 58.6 Å². The minimum Gasteiger partial charge on any atom is -0.444 e. The fourth-order valence-corrected chi connectivity index (χ4v) is 3.17. The maximum absolute atomic E-state index is 11.9. The van der Waals surface area contributed by atoms with Crippen LogP contribution in [0, 0.1) is 0 Å². The van der Waals surface area contributed by atoms with E-state index in [1.54, 1.807) is 0 Å². The lowest BCUT2D eigenvalue weighted by Crippen LogP contribution is -2.28. The van der Waals surface area contributed by atoms with E-state index in [9.17, 15) is 9.90 Å². The number of aliphatic hydroxyl groups is 1. The first kappa shape index (κ1) is 16.5. The molecular formula is C20H23NO3. The van der Waals surface area contributed by atoms with Gasteiger partial charge in [0.1, 0.15) is 6.61 Å². The Hall–Kier alpha value is -2.33. The molecule has 3 rings (SSSR count). The number of hydrogen-bond donors (Lipinski definition) is 2. The van der Waals surface area contributed by atoms with E-state index in [1.165, 1.54) is 6.42 Å². The summed E-state index contributed by atoms with van der Waals surface area (Å²) in [5.74, 6) is 0. The highest BCUT2D eigenvalue weighted by atomic mass is 16.5. The molecule has 4 heteroatoms. The molecule has 0 radical (unpaired) electrons. The smallest absolute Gasteiger partial charge is 0.411 e. The first-order chi connectivity index (χ1) is 11.7. The van der Waals surface area contributed by atoms with Gasteiger partial charge in [0.25, 0.3) is 0 Å². The number of carbonyl (C=O) groups excluding carboxylic acids is 1. The number of rotatable bonds is 4. The van der Waals surface area contributed by atoms with Crippen molar-refractivity contribution in [1.29, 1.82) is 0 Å². The highest BCUT2D eigenvalue weighted by Gasteiger charge is 2.30. The van der Waals surface area contributed by atoms with Crippen molar-refractivity contribution in [2.24, 2.45) is 0 Å². The van der Waals surface area contributed by atoms with Gasteiger partial charge >= 0.3 is 6.09 Å². The zero-order valence-corrected chi connectivity index (χ0v) is 13.7. The van der Waals surface area contributed by atoms with E-state index in [1.807, 2.05) is 54.6 Å². The van der Waals surface area contributed by atoms with Crippen molar-refractivity contribution in [3.63, 3.8) is 0 Å². The van der Waals surface area contributed by atoms with Crippen LogP contribution in [0.4, 0.5) is 10.5 Å². The highest BCUT2D eigenvalue weighted by Crippen LogP contribution is 2.37. The standard InChI is InChI=1S/C20H23NO3/c22-19(24-15-16-7-3-1-4-8-16)21-18-11-9-17(10-12-18)20(23)13-5-2-6-14-20/h1,3-4,7-12,23H,2,5-6,13-15H2,(H,21,22). The molecule has 1 fully saturated rings. The molecule has 0 aliphatic heterocycles. The molecule has 1 aliphatic rings. The van der Waals surface area contributed by atoms with E-state index in [2.05, 4.69) is 5.32 Å². The summed E-state index contributed by atoms with van der Waals surface area (Å²) in [5, 5.41) is 13.4. The lowest BCUT2D eigenvalue weighted by molar-refractivity contribution is -0.000609. The number of anilines is 1.